The summed E-state index contributed by atoms with van der Waals surface area (Å²) in [5.74, 6) is -1.57. The van der Waals surface area contributed by atoms with Crippen LogP contribution in [-0.4, -0.2) is 55.1 Å². The Hall–Kier alpha value is -1.45. The SMILES string of the molecule is C=CC(=O)OCC(=O)OC1(C)C2(C)CC3C(O2)C1(C)OS3(=O)=O. The molecule has 0 N–H and O–H groups in total. The fraction of sp³-hybridized carbons (Fsp3) is 0.714. The summed E-state index contributed by atoms with van der Waals surface area (Å²) in [6.07, 6.45) is 0.396. The third-order valence-corrected chi connectivity index (χ3v) is 7.03. The van der Waals surface area contributed by atoms with Crippen LogP contribution in [0.3, 0.4) is 0 Å². The van der Waals surface area contributed by atoms with Gasteiger partial charge >= 0.3 is 11.9 Å². The van der Waals surface area contributed by atoms with Crippen LogP contribution >= 0.6 is 0 Å². The van der Waals surface area contributed by atoms with Crippen molar-refractivity contribution in [3.05, 3.63) is 12.7 Å². The minimum absolute atomic E-state index is 0.172. The smallest absolute Gasteiger partial charge is 0.345 e. The molecular formula is C14H18O8S. The largest absolute Gasteiger partial charge is 0.451 e. The summed E-state index contributed by atoms with van der Waals surface area (Å²) < 4.78 is 45.5. The number of hydrogen-bond donors (Lipinski definition) is 0. The van der Waals surface area contributed by atoms with E-state index in [-0.39, 0.29) is 6.42 Å². The van der Waals surface area contributed by atoms with Gasteiger partial charge in [0.1, 0.15) is 17.0 Å². The van der Waals surface area contributed by atoms with Crippen molar-refractivity contribution in [1.29, 1.82) is 0 Å². The van der Waals surface area contributed by atoms with Gasteiger partial charge in [0.05, 0.1) is 0 Å². The van der Waals surface area contributed by atoms with Gasteiger partial charge in [-0.05, 0) is 20.8 Å². The van der Waals surface area contributed by atoms with Gasteiger partial charge in [-0.1, -0.05) is 6.58 Å². The van der Waals surface area contributed by atoms with Gasteiger partial charge in [-0.25, -0.2) is 9.59 Å². The molecule has 23 heavy (non-hydrogen) atoms. The maximum Gasteiger partial charge on any atom is 0.345 e. The first-order valence-electron chi connectivity index (χ1n) is 7.12. The van der Waals surface area contributed by atoms with Crippen LogP contribution in [0.1, 0.15) is 27.2 Å². The third kappa shape index (κ3) is 1.93. The van der Waals surface area contributed by atoms with Crippen molar-refractivity contribution in [2.45, 2.75) is 55.3 Å². The molecule has 3 fully saturated rings. The summed E-state index contributed by atoms with van der Waals surface area (Å²) in [5.41, 5.74) is -3.65. The van der Waals surface area contributed by atoms with E-state index in [0.717, 1.165) is 6.08 Å². The number of hydrogen-bond acceptors (Lipinski definition) is 8. The number of rotatable bonds is 4. The van der Waals surface area contributed by atoms with Gasteiger partial charge in [0.15, 0.2) is 17.8 Å². The zero-order valence-corrected chi connectivity index (χ0v) is 13.8. The van der Waals surface area contributed by atoms with Gasteiger partial charge in [0.25, 0.3) is 10.1 Å². The Labute approximate surface area is 133 Å². The second kappa shape index (κ2) is 4.55. The van der Waals surface area contributed by atoms with E-state index < -0.39 is 56.8 Å². The van der Waals surface area contributed by atoms with Crippen LogP contribution < -0.4 is 0 Å². The lowest BCUT2D eigenvalue weighted by Crippen LogP contribution is -2.64. The van der Waals surface area contributed by atoms with Gasteiger partial charge in [-0.2, -0.15) is 8.42 Å². The molecule has 0 aromatic heterocycles. The van der Waals surface area contributed by atoms with E-state index in [2.05, 4.69) is 11.3 Å². The van der Waals surface area contributed by atoms with Crippen molar-refractivity contribution in [3.8, 4) is 0 Å². The number of carbonyl (C=O) groups excluding carboxylic acids is 2. The lowest BCUT2D eigenvalue weighted by atomic mass is 9.67. The summed E-state index contributed by atoms with van der Waals surface area (Å²) >= 11 is 0. The van der Waals surface area contributed by atoms with Gasteiger partial charge in [0, 0.05) is 12.5 Å². The van der Waals surface area contributed by atoms with Crippen molar-refractivity contribution in [1.82, 2.24) is 0 Å². The van der Waals surface area contributed by atoms with E-state index >= 15 is 0 Å². The zero-order valence-electron chi connectivity index (χ0n) is 13.0. The molecule has 0 saturated carbocycles. The Morgan fingerprint density at radius 3 is 2.61 bits per heavy atom. The van der Waals surface area contributed by atoms with Crippen LogP contribution in [0, 0.1) is 0 Å². The molecule has 128 valence electrons. The second-order valence-electron chi connectivity index (χ2n) is 6.51. The molecule has 3 saturated heterocycles. The molecule has 3 heterocycles. The highest BCUT2D eigenvalue weighted by molar-refractivity contribution is 7.87. The zero-order chi connectivity index (χ0) is 17.3. The molecule has 0 aliphatic carbocycles. The van der Waals surface area contributed by atoms with E-state index in [0.29, 0.717) is 0 Å². The summed E-state index contributed by atoms with van der Waals surface area (Å²) in [7, 11) is -3.78. The number of esters is 2. The Kier molecular flexibility index (Phi) is 3.25. The molecule has 3 rings (SSSR count). The molecular weight excluding hydrogens is 328 g/mol. The second-order valence-corrected chi connectivity index (χ2v) is 8.27. The highest BCUT2D eigenvalue weighted by Gasteiger charge is 2.83. The quantitative estimate of drug-likeness (QED) is 0.400. The van der Waals surface area contributed by atoms with E-state index in [1.165, 1.54) is 0 Å². The molecule has 0 aromatic rings. The minimum atomic E-state index is -3.78. The first-order chi connectivity index (χ1) is 10.5. The third-order valence-electron chi connectivity index (χ3n) is 5.29. The van der Waals surface area contributed by atoms with Gasteiger partial charge in [-0.15, -0.1) is 0 Å². The van der Waals surface area contributed by atoms with Gasteiger partial charge in [-0.3, -0.25) is 4.18 Å². The average Bonchev–Trinajstić information content (AvgIpc) is 2.95. The Morgan fingerprint density at radius 1 is 1.35 bits per heavy atom. The fourth-order valence-electron chi connectivity index (χ4n) is 3.80. The van der Waals surface area contributed by atoms with Crippen LogP contribution in [0.25, 0.3) is 0 Å². The van der Waals surface area contributed by atoms with E-state index in [1.807, 2.05) is 0 Å². The summed E-state index contributed by atoms with van der Waals surface area (Å²) in [6, 6.07) is 0. The topological polar surface area (TPSA) is 105 Å². The van der Waals surface area contributed by atoms with Crippen LogP contribution in [0.15, 0.2) is 12.7 Å². The maximum absolute atomic E-state index is 12.1. The lowest BCUT2D eigenvalue weighted by Gasteiger charge is -2.45. The Balaban J connectivity index is 1.86. The normalized spacial score (nSPS) is 45.7. The van der Waals surface area contributed by atoms with Crippen LogP contribution in [-0.2, 0) is 38.1 Å². The molecule has 2 bridgehead atoms. The summed E-state index contributed by atoms with van der Waals surface area (Å²) in [4.78, 5) is 23.0. The van der Waals surface area contributed by atoms with Gasteiger partial charge < -0.3 is 14.2 Å². The molecule has 0 radical (unpaired) electrons. The lowest BCUT2D eigenvalue weighted by molar-refractivity contribution is -0.198. The molecule has 0 aromatic carbocycles. The predicted octanol–water partition coefficient (Wildman–Crippen LogP) is 0.0660. The van der Waals surface area contributed by atoms with E-state index in [9.17, 15) is 18.0 Å². The molecule has 3 aliphatic rings. The number of ether oxygens (including phenoxy) is 3. The van der Waals surface area contributed by atoms with Crippen molar-refractivity contribution in [2.75, 3.05) is 6.61 Å². The number of carbonyl (C=O) groups is 2. The van der Waals surface area contributed by atoms with Crippen LogP contribution in [0.2, 0.25) is 0 Å². The van der Waals surface area contributed by atoms with Crippen LogP contribution in [0.5, 0.6) is 0 Å². The van der Waals surface area contributed by atoms with Crippen LogP contribution in [0.4, 0.5) is 0 Å². The molecule has 5 atom stereocenters. The van der Waals surface area contributed by atoms with Crippen molar-refractivity contribution >= 4 is 22.1 Å². The molecule has 0 spiro atoms. The standard InChI is InChI=1S/C14H18O8S/c1-5-9(15)19-7-10(16)20-14(4)12(2)6-8-11(21-12)13(14,3)22-23(8,17)18/h5,8,11H,1,6-7H2,2-4H3. The number of fused-ring (bicyclic) bond motifs is 1. The maximum atomic E-state index is 12.1. The Morgan fingerprint density at radius 2 is 2.00 bits per heavy atom. The molecule has 3 aliphatic heterocycles. The Bertz CT molecular complexity index is 700. The molecule has 0 amide bonds. The molecule has 8 nitrogen and oxygen atoms in total. The molecule has 5 unspecified atom stereocenters. The van der Waals surface area contributed by atoms with Crippen molar-refractivity contribution in [2.24, 2.45) is 0 Å². The first-order valence-corrected chi connectivity index (χ1v) is 8.59. The summed E-state index contributed by atoms with van der Waals surface area (Å²) in [5, 5.41) is -0.761. The van der Waals surface area contributed by atoms with Crippen molar-refractivity contribution in [3.63, 3.8) is 0 Å². The summed E-state index contributed by atoms with van der Waals surface area (Å²) in [6.45, 7) is 7.45. The first kappa shape index (κ1) is 16.4. The fourth-order valence-corrected chi connectivity index (χ4v) is 5.81. The van der Waals surface area contributed by atoms with Gasteiger partial charge in [0.2, 0.25) is 0 Å². The predicted molar refractivity (Wildman–Crippen MR) is 75.7 cm³/mol. The highest BCUT2D eigenvalue weighted by atomic mass is 32.2. The monoisotopic (exact) mass is 346 g/mol. The average molecular weight is 346 g/mol. The highest BCUT2D eigenvalue weighted by Crippen LogP contribution is 2.64. The van der Waals surface area contributed by atoms with E-state index in [4.69, 9.17) is 13.7 Å². The van der Waals surface area contributed by atoms with E-state index in [1.54, 1.807) is 20.8 Å². The minimum Gasteiger partial charge on any atom is -0.451 e. The molecule has 9 heteroatoms. The van der Waals surface area contributed by atoms with Crippen molar-refractivity contribution < 1.29 is 36.4 Å².